The van der Waals surface area contributed by atoms with Gasteiger partial charge in [-0.1, -0.05) is 6.92 Å². The molecule has 5 heteroatoms. The lowest BCUT2D eigenvalue weighted by molar-refractivity contribution is 0.220. The largest absolute Gasteiger partial charge is 0.395 e. The highest BCUT2D eigenvalue weighted by molar-refractivity contribution is 7.13. The average Bonchev–Trinajstić information content (AvgIpc) is 2.83. The van der Waals surface area contributed by atoms with Crippen molar-refractivity contribution in [1.29, 1.82) is 0 Å². The van der Waals surface area contributed by atoms with Crippen LogP contribution in [0.25, 0.3) is 0 Å². The van der Waals surface area contributed by atoms with Crippen molar-refractivity contribution in [1.82, 2.24) is 10.3 Å². The molecule has 0 spiro atoms. The van der Waals surface area contributed by atoms with E-state index in [1.54, 1.807) is 11.3 Å². The first-order valence-electron chi connectivity index (χ1n) is 6.77. The molecule has 0 radical (unpaired) electrons. The molecule has 1 fully saturated rings. The quantitative estimate of drug-likeness (QED) is 0.855. The Kier molecular flexibility index (Phi) is 4.97. The third kappa shape index (κ3) is 3.43. The molecule has 1 aliphatic rings. The van der Waals surface area contributed by atoms with Gasteiger partial charge in [-0.25, -0.2) is 4.98 Å². The third-order valence-corrected chi connectivity index (χ3v) is 4.58. The van der Waals surface area contributed by atoms with Gasteiger partial charge in [0, 0.05) is 30.6 Å². The molecule has 1 aromatic rings. The fraction of sp³-hybridized carbons (Fsp3) is 0.769. The van der Waals surface area contributed by atoms with Crippen LogP contribution in [-0.4, -0.2) is 41.9 Å². The molecule has 2 heterocycles. The van der Waals surface area contributed by atoms with Crippen molar-refractivity contribution < 1.29 is 5.11 Å². The van der Waals surface area contributed by atoms with Crippen LogP contribution in [-0.2, 0) is 0 Å². The summed E-state index contributed by atoms with van der Waals surface area (Å²) in [6.45, 7) is 6.52. The van der Waals surface area contributed by atoms with Crippen molar-refractivity contribution in [3.63, 3.8) is 0 Å². The van der Waals surface area contributed by atoms with Crippen molar-refractivity contribution in [2.45, 2.75) is 45.2 Å². The van der Waals surface area contributed by atoms with Gasteiger partial charge in [0.05, 0.1) is 12.3 Å². The molecule has 1 aliphatic heterocycles. The molecule has 1 saturated heterocycles. The van der Waals surface area contributed by atoms with Gasteiger partial charge in [0.1, 0.15) is 0 Å². The Labute approximate surface area is 113 Å². The maximum atomic E-state index is 9.21. The van der Waals surface area contributed by atoms with Crippen LogP contribution < -0.4 is 10.2 Å². The van der Waals surface area contributed by atoms with E-state index in [1.807, 2.05) is 6.92 Å². The minimum atomic E-state index is 0.238. The predicted molar refractivity (Wildman–Crippen MR) is 76.4 cm³/mol. The molecular weight excluding hydrogens is 246 g/mol. The van der Waals surface area contributed by atoms with E-state index in [0.29, 0.717) is 6.04 Å². The minimum Gasteiger partial charge on any atom is -0.395 e. The second-order valence-electron chi connectivity index (χ2n) is 4.99. The first-order chi connectivity index (χ1) is 8.72. The van der Waals surface area contributed by atoms with Crippen LogP contribution in [0.2, 0.25) is 0 Å². The number of piperidine rings is 1. The number of aromatic nitrogens is 1. The van der Waals surface area contributed by atoms with Crippen molar-refractivity contribution in [3.8, 4) is 0 Å². The summed E-state index contributed by atoms with van der Waals surface area (Å²) in [5.41, 5.74) is 1.11. The second-order valence-corrected chi connectivity index (χ2v) is 5.82. The average molecular weight is 269 g/mol. The number of nitrogens with zero attached hydrogens (tertiary/aromatic N) is 2. The Bertz CT molecular complexity index is 357. The molecule has 0 bridgehead atoms. The minimum absolute atomic E-state index is 0.238. The molecule has 1 aromatic heterocycles. The summed E-state index contributed by atoms with van der Waals surface area (Å²) >= 11 is 1.73. The SMILES string of the molecule is CCC(CO)NC1CCN(c2nc(C)cs2)CC1. The summed E-state index contributed by atoms with van der Waals surface area (Å²) in [7, 11) is 0. The zero-order valence-corrected chi connectivity index (χ0v) is 12.0. The Balaban J connectivity index is 1.81. The lowest BCUT2D eigenvalue weighted by atomic mass is 10.0. The summed E-state index contributed by atoms with van der Waals surface area (Å²) in [6, 6.07) is 0.795. The normalized spacial score (nSPS) is 19.2. The number of aliphatic hydroxyl groups is 1. The van der Waals surface area contributed by atoms with Gasteiger partial charge >= 0.3 is 0 Å². The molecule has 0 aliphatic carbocycles. The van der Waals surface area contributed by atoms with Gasteiger partial charge in [-0.15, -0.1) is 11.3 Å². The molecule has 18 heavy (non-hydrogen) atoms. The Morgan fingerprint density at radius 3 is 2.78 bits per heavy atom. The number of aryl methyl sites for hydroxylation is 1. The summed E-state index contributed by atoms with van der Waals surface area (Å²) in [6.07, 6.45) is 3.26. The zero-order valence-electron chi connectivity index (χ0n) is 11.2. The standard InChI is InChI=1S/C13H23N3OS/c1-3-11(8-17)15-12-4-6-16(7-5-12)13-14-10(2)9-18-13/h9,11-12,15,17H,3-8H2,1-2H3. The summed E-state index contributed by atoms with van der Waals surface area (Å²) in [5, 5.41) is 16.0. The third-order valence-electron chi connectivity index (χ3n) is 3.56. The van der Waals surface area contributed by atoms with E-state index in [-0.39, 0.29) is 12.6 Å². The van der Waals surface area contributed by atoms with Crippen molar-refractivity contribution >= 4 is 16.5 Å². The highest BCUT2D eigenvalue weighted by Gasteiger charge is 2.22. The number of aliphatic hydroxyl groups excluding tert-OH is 1. The maximum absolute atomic E-state index is 9.21. The molecule has 102 valence electrons. The molecule has 0 saturated carbocycles. The van der Waals surface area contributed by atoms with Gasteiger partial charge in [-0.3, -0.25) is 0 Å². The molecule has 1 unspecified atom stereocenters. The summed E-state index contributed by atoms with van der Waals surface area (Å²) in [5.74, 6) is 0. The van der Waals surface area contributed by atoms with E-state index in [0.717, 1.165) is 43.2 Å². The maximum Gasteiger partial charge on any atom is 0.185 e. The molecule has 0 amide bonds. The number of rotatable bonds is 5. The van der Waals surface area contributed by atoms with E-state index < -0.39 is 0 Å². The fourth-order valence-electron chi connectivity index (χ4n) is 2.36. The Morgan fingerprint density at radius 1 is 1.56 bits per heavy atom. The fourth-order valence-corrected chi connectivity index (χ4v) is 3.21. The smallest absolute Gasteiger partial charge is 0.185 e. The number of hydrogen-bond acceptors (Lipinski definition) is 5. The lowest BCUT2D eigenvalue weighted by Crippen LogP contribution is -2.47. The molecule has 0 aromatic carbocycles. The van der Waals surface area contributed by atoms with E-state index in [1.165, 1.54) is 0 Å². The van der Waals surface area contributed by atoms with Crippen LogP contribution in [0, 0.1) is 6.92 Å². The van der Waals surface area contributed by atoms with Crippen LogP contribution in [0.4, 0.5) is 5.13 Å². The molecular formula is C13H23N3OS. The number of hydrogen-bond donors (Lipinski definition) is 2. The van der Waals surface area contributed by atoms with E-state index in [2.05, 4.69) is 27.5 Å². The van der Waals surface area contributed by atoms with Crippen LogP contribution >= 0.6 is 11.3 Å². The Hall–Kier alpha value is -0.650. The van der Waals surface area contributed by atoms with Gasteiger partial charge < -0.3 is 15.3 Å². The van der Waals surface area contributed by atoms with Crippen LogP contribution in [0.15, 0.2) is 5.38 Å². The monoisotopic (exact) mass is 269 g/mol. The lowest BCUT2D eigenvalue weighted by Gasteiger charge is -2.34. The highest BCUT2D eigenvalue weighted by Crippen LogP contribution is 2.23. The first-order valence-corrected chi connectivity index (χ1v) is 7.65. The van der Waals surface area contributed by atoms with Gasteiger partial charge in [0.25, 0.3) is 0 Å². The molecule has 1 atom stereocenters. The van der Waals surface area contributed by atoms with Crippen molar-refractivity contribution in [3.05, 3.63) is 11.1 Å². The van der Waals surface area contributed by atoms with Crippen molar-refractivity contribution in [2.75, 3.05) is 24.6 Å². The van der Waals surface area contributed by atoms with Gasteiger partial charge in [0.15, 0.2) is 5.13 Å². The predicted octanol–water partition coefficient (Wildman–Crippen LogP) is 1.78. The van der Waals surface area contributed by atoms with Crippen molar-refractivity contribution in [2.24, 2.45) is 0 Å². The summed E-state index contributed by atoms with van der Waals surface area (Å²) in [4.78, 5) is 6.91. The highest BCUT2D eigenvalue weighted by atomic mass is 32.1. The van der Waals surface area contributed by atoms with Crippen LogP contribution in [0.1, 0.15) is 31.9 Å². The zero-order chi connectivity index (χ0) is 13.0. The van der Waals surface area contributed by atoms with Gasteiger partial charge in [-0.2, -0.15) is 0 Å². The number of anilines is 1. The second kappa shape index (κ2) is 6.50. The first kappa shape index (κ1) is 13.8. The topological polar surface area (TPSA) is 48.4 Å². The summed E-state index contributed by atoms with van der Waals surface area (Å²) < 4.78 is 0. The molecule has 2 rings (SSSR count). The Morgan fingerprint density at radius 2 is 2.28 bits per heavy atom. The molecule has 2 N–H and O–H groups in total. The molecule has 4 nitrogen and oxygen atoms in total. The van der Waals surface area contributed by atoms with Gasteiger partial charge in [0.2, 0.25) is 0 Å². The van der Waals surface area contributed by atoms with E-state index in [4.69, 9.17) is 0 Å². The van der Waals surface area contributed by atoms with E-state index in [9.17, 15) is 5.11 Å². The van der Waals surface area contributed by atoms with Gasteiger partial charge in [-0.05, 0) is 26.2 Å². The number of thiazole rings is 1. The number of nitrogens with one attached hydrogen (secondary N) is 1. The van der Waals surface area contributed by atoms with E-state index >= 15 is 0 Å². The van der Waals surface area contributed by atoms with Crippen LogP contribution in [0.5, 0.6) is 0 Å². The van der Waals surface area contributed by atoms with Crippen LogP contribution in [0.3, 0.4) is 0 Å².